The number of carbonyl (C=O) groups excluding carboxylic acids is 4. The summed E-state index contributed by atoms with van der Waals surface area (Å²) < 4.78 is 0. The van der Waals surface area contributed by atoms with Gasteiger partial charge in [0.2, 0.25) is 0 Å². The lowest BCUT2D eigenvalue weighted by Crippen LogP contribution is -2.25. The summed E-state index contributed by atoms with van der Waals surface area (Å²) in [6.07, 6.45) is 2.33. The van der Waals surface area contributed by atoms with Gasteiger partial charge in [-0.3, -0.25) is 19.2 Å². The number of hydrogen-bond acceptors (Lipinski definition) is 4. The maximum Gasteiger partial charge on any atom is 0.194 e. The van der Waals surface area contributed by atoms with Crippen molar-refractivity contribution >= 4 is 23.1 Å². The quantitative estimate of drug-likeness (QED) is 0.794. The minimum Gasteiger partial charge on any atom is -0.289 e. The predicted molar refractivity (Wildman–Crippen MR) is 95.8 cm³/mol. The Kier molecular flexibility index (Phi) is 3.44. The van der Waals surface area contributed by atoms with Crippen LogP contribution in [0.5, 0.6) is 0 Å². The van der Waals surface area contributed by atoms with Gasteiger partial charge in [0.15, 0.2) is 23.1 Å². The van der Waals surface area contributed by atoms with Gasteiger partial charge in [-0.1, -0.05) is 35.4 Å². The summed E-state index contributed by atoms with van der Waals surface area (Å²) >= 11 is 0. The van der Waals surface area contributed by atoms with Crippen molar-refractivity contribution in [2.24, 2.45) is 0 Å². The zero-order chi connectivity index (χ0) is 18.6. The molecule has 0 aromatic heterocycles. The van der Waals surface area contributed by atoms with E-state index in [1.54, 1.807) is 36.4 Å². The van der Waals surface area contributed by atoms with E-state index in [0.717, 1.165) is 23.3 Å². The van der Waals surface area contributed by atoms with Crippen molar-refractivity contribution in [1.29, 1.82) is 0 Å². The van der Waals surface area contributed by atoms with E-state index in [1.807, 2.05) is 13.8 Å². The molecule has 4 nitrogen and oxygen atoms in total. The summed E-state index contributed by atoms with van der Waals surface area (Å²) in [5, 5.41) is 0. The molecule has 0 fully saturated rings. The second kappa shape index (κ2) is 5.56. The SMILES string of the molecule is Cc1ccc2c(c1)C(=O)C(C1=CC(=O)c3ccc(C)cc3C1=O)=CC2=O. The Bertz CT molecular complexity index is 1020. The van der Waals surface area contributed by atoms with Crippen LogP contribution in [-0.2, 0) is 0 Å². The maximum absolute atomic E-state index is 12.9. The number of fused-ring (bicyclic) bond motifs is 2. The highest BCUT2D eigenvalue weighted by molar-refractivity contribution is 6.34. The van der Waals surface area contributed by atoms with Gasteiger partial charge in [-0.2, -0.15) is 0 Å². The third-order valence-electron chi connectivity index (χ3n) is 4.70. The standard InChI is InChI=1S/C22H14O4/c1-11-3-5-13-15(7-11)21(25)17(9-19(13)23)18-10-20(24)14-6-4-12(2)8-16(14)22(18)26/h3-10H,1-2H3. The zero-order valence-electron chi connectivity index (χ0n) is 14.3. The van der Waals surface area contributed by atoms with Gasteiger partial charge >= 0.3 is 0 Å². The maximum atomic E-state index is 12.9. The van der Waals surface area contributed by atoms with Crippen molar-refractivity contribution in [3.05, 3.63) is 93.1 Å². The second-order valence-electron chi connectivity index (χ2n) is 6.60. The van der Waals surface area contributed by atoms with E-state index in [9.17, 15) is 19.2 Å². The number of benzene rings is 2. The molecule has 2 aromatic rings. The van der Waals surface area contributed by atoms with Gasteiger partial charge in [-0.05, 0) is 38.1 Å². The molecule has 0 heterocycles. The molecule has 26 heavy (non-hydrogen) atoms. The number of hydrogen-bond donors (Lipinski definition) is 0. The van der Waals surface area contributed by atoms with Crippen LogP contribution in [0, 0.1) is 13.8 Å². The third kappa shape index (κ3) is 2.30. The van der Waals surface area contributed by atoms with Crippen LogP contribution in [0.4, 0.5) is 0 Å². The second-order valence-corrected chi connectivity index (χ2v) is 6.60. The Hall–Kier alpha value is -3.40. The van der Waals surface area contributed by atoms with Crippen molar-refractivity contribution in [1.82, 2.24) is 0 Å². The van der Waals surface area contributed by atoms with Crippen LogP contribution >= 0.6 is 0 Å². The molecule has 0 saturated heterocycles. The van der Waals surface area contributed by atoms with Gasteiger partial charge in [0, 0.05) is 33.4 Å². The molecule has 0 saturated carbocycles. The van der Waals surface area contributed by atoms with Crippen molar-refractivity contribution in [2.45, 2.75) is 13.8 Å². The topological polar surface area (TPSA) is 68.3 Å². The zero-order valence-corrected chi connectivity index (χ0v) is 14.3. The van der Waals surface area contributed by atoms with Crippen molar-refractivity contribution in [3.63, 3.8) is 0 Å². The summed E-state index contributed by atoms with van der Waals surface area (Å²) in [6, 6.07) is 10.0. The summed E-state index contributed by atoms with van der Waals surface area (Å²) in [7, 11) is 0. The van der Waals surface area contributed by atoms with Crippen LogP contribution < -0.4 is 0 Å². The highest BCUT2D eigenvalue weighted by Crippen LogP contribution is 2.32. The fraction of sp³-hybridized carbons (Fsp3) is 0.0909. The van der Waals surface area contributed by atoms with E-state index in [4.69, 9.17) is 0 Å². The Morgan fingerprint density at radius 1 is 0.538 bits per heavy atom. The monoisotopic (exact) mass is 342 g/mol. The van der Waals surface area contributed by atoms with Gasteiger partial charge in [0.1, 0.15) is 0 Å². The molecule has 0 aliphatic heterocycles. The summed E-state index contributed by atoms with van der Waals surface area (Å²) in [5.74, 6) is -1.50. The predicted octanol–water partition coefficient (Wildman–Crippen LogP) is 3.61. The Morgan fingerprint density at radius 2 is 0.923 bits per heavy atom. The average Bonchev–Trinajstić information content (AvgIpc) is 2.61. The molecule has 2 aliphatic rings. The van der Waals surface area contributed by atoms with Gasteiger partial charge in [-0.25, -0.2) is 0 Å². The molecule has 0 N–H and O–H groups in total. The number of ketones is 4. The molecule has 2 aromatic carbocycles. The lowest BCUT2D eigenvalue weighted by Gasteiger charge is -2.20. The number of allylic oxidation sites excluding steroid dienone is 4. The first-order chi connectivity index (χ1) is 12.4. The van der Waals surface area contributed by atoms with Crippen LogP contribution in [0.25, 0.3) is 0 Å². The molecule has 0 atom stereocenters. The van der Waals surface area contributed by atoms with E-state index in [1.165, 1.54) is 0 Å². The minimum atomic E-state index is -0.410. The molecule has 2 aliphatic carbocycles. The first-order valence-corrected chi connectivity index (χ1v) is 8.20. The van der Waals surface area contributed by atoms with Crippen LogP contribution in [-0.4, -0.2) is 23.1 Å². The van der Waals surface area contributed by atoms with E-state index in [2.05, 4.69) is 0 Å². The number of aryl methyl sites for hydroxylation is 2. The van der Waals surface area contributed by atoms with Crippen LogP contribution in [0.3, 0.4) is 0 Å². The lowest BCUT2D eigenvalue weighted by molar-refractivity contribution is 0.0962. The van der Waals surface area contributed by atoms with Gasteiger partial charge in [0.05, 0.1) is 0 Å². The third-order valence-corrected chi connectivity index (χ3v) is 4.70. The molecule has 4 rings (SSSR count). The van der Waals surface area contributed by atoms with E-state index < -0.39 is 11.6 Å². The van der Waals surface area contributed by atoms with Gasteiger partial charge in [0.25, 0.3) is 0 Å². The van der Waals surface area contributed by atoms with Gasteiger partial charge < -0.3 is 0 Å². The molecule has 0 spiro atoms. The molecular formula is C22H14O4. The lowest BCUT2D eigenvalue weighted by atomic mass is 9.79. The first kappa shape index (κ1) is 16.1. The van der Waals surface area contributed by atoms with E-state index in [0.29, 0.717) is 11.1 Å². The smallest absolute Gasteiger partial charge is 0.194 e. The summed E-state index contributed by atoms with van der Waals surface area (Å²) in [5.41, 5.74) is 2.82. The molecule has 0 amide bonds. The van der Waals surface area contributed by atoms with Crippen molar-refractivity contribution in [2.75, 3.05) is 0 Å². The normalized spacial score (nSPS) is 16.1. The molecule has 126 valence electrons. The molecule has 0 bridgehead atoms. The van der Waals surface area contributed by atoms with Crippen LogP contribution in [0.2, 0.25) is 0 Å². The fourth-order valence-corrected chi connectivity index (χ4v) is 3.36. The Balaban J connectivity index is 1.86. The highest BCUT2D eigenvalue weighted by atomic mass is 16.1. The highest BCUT2D eigenvalue weighted by Gasteiger charge is 2.34. The molecule has 4 heteroatoms. The van der Waals surface area contributed by atoms with Crippen LogP contribution in [0.15, 0.2) is 59.7 Å². The average molecular weight is 342 g/mol. The number of Topliss-reactive ketones (excluding diaryl/α,β-unsaturated/α-hetero) is 2. The molecule has 0 unspecified atom stereocenters. The van der Waals surface area contributed by atoms with Crippen molar-refractivity contribution in [3.8, 4) is 0 Å². The number of carbonyl (C=O) groups is 4. The number of rotatable bonds is 1. The first-order valence-electron chi connectivity index (χ1n) is 8.20. The van der Waals surface area contributed by atoms with Crippen molar-refractivity contribution < 1.29 is 19.2 Å². The fourth-order valence-electron chi connectivity index (χ4n) is 3.36. The van der Waals surface area contributed by atoms with Gasteiger partial charge in [-0.15, -0.1) is 0 Å². The van der Waals surface area contributed by atoms with E-state index >= 15 is 0 Å². The summed E-state index contributed by atoms with van der Waals surface area (Å²) in [4.78, 5) is 50.7. The molecular weight excluding hydrogens is 328 g/mol. The Morgan fingerprint density at radius 3 is 1.31 bits per heavy atom. The van der Waals surface area contributed by atoms with E-state index in [-0.39, 0.29) is 33.8 Å². The molecule has 0 radical (unpaired) electrons. The summed E-state index contributed by atoms with van der Waals surface area (Å²) in [6.45, 7) is 3.65. The largest absolute Gasteiger partial charge is 0.289 e. The van der Waals surface area contributed by atoms with Crippen LogP contribution in [0.1, 0.15) is 52.6 Å². The Labute approximate surface area is 149 Å². The minimum absolute atomic E-state index is 0.0152.